The van der Waals surface area contributed by atoms with Gasteiger partial charge in [-0.15, -0.1) is 0 Å². The summed E-state index contributed by atoms with van der Waals surface area (Å²) in [5.74, 6) is -0.393. The van der Waals surface area contributed by atoms with Crippen molar-refractivity contribution in [1.29, 1.82) is 0 Å². The van der Waals surface area contributed by atoms with Crippen molar-refractivity contribution in [2.24, 2.45) is 5.41 Å². The molecule has 0 aliphatic heterocycles. The Morgan fingerprint density at radius 1 is 1.06 bits per heavy atom. The van der Waals surface area contributed by atoms with E-state index in [9.17, 15) is 18.0 Å². The van der Waals surface area contributed by atoms with Crippen LogP contribution in [0.15, 0.2) is 42.9 Å². The average molecular weight is 446 g/mol. The van der Waals surface area contributed by atoms with Crippen LogP contribution in [0, 0.1) is 5.41 Å². The highest BCUT2D eigenvalue weighted by Crippen LogP contribution is 2.58. The first-order valence-electron chi connectivity index (χ1n) is 9.93. The molecule has 2 N–H and O–H groups in total. The number of aliphatic carboxylic acids is 1. The van der Waals surface area contributed by atoms with E-state index in [2.05, 4.69) is 19.9 Å². The third-order valence-corrected chi connectivity index (χ3v) is 5.63. The summed E-state index contributed by atoms with van der Waals surface area (Å²) in [5, 5.41) is 9.12. The van der Waals surface area contributed by atoms with Crippen LogP contribution in [-0.4, -0.2) is 43.8 Å². The van der Waals surface area contributed by atoms with Gasteiger partial charge in [0.25, 0.3) is 0 Å². The number of nitrogens with one attached hydrogen (secondary N) is 1. The molecule has 1 aliphatic carbocycles. The van der Waals surface area contributed by atoms with E-state index in [1.54, 1.807) is 38.1 Å². The van der Waals surface area contributed by atoms with Crippen molar-refractivity contribution in [2.45, 2.75) is 38.3 Å². The minimum absolute atomic E-state index is 0.0498. The van der Waals surface area contributed by atoms with E-state index in [4.69, 9.17) is 9.84 Å². The Balaban J connectivity index is 1.45. The van der Waals surface area contributed by atoms with Gasteiger partial charge in [0.15, 0.2) is 0 Å². The number of benzene rings is 1. The number of hydrogen-bond donors (Lipinski definition) is 2. The van der Waals surface area contributed by atoms with Crippen LogP contribution in [0.1, 0.15) is 32.4 Å². The molecule has 3 aromatic rings. The number of rotatable bonds is 7. The number of imidazole rings is 1. The highest BCUT2D eigenvalue weighted by atomic mass is 19.4. The molecular weight excluding hydrogens is 425 g/mol. The summed E-state index contributed by atoms with van der Waals surface area (Å²) in [6, 6.07) is 7.03. The van der Waals surface area contributed by atoms with Crippen molar-refractivity contribution < 1.29 is 27.8 Å². The average Bonchev–Trinajstić information content (AvgIpc) is 3.44. The van der Waals surface area contributed by atoms with E-state index >= 15 is 0 Å². The van der Waals surface area contributed by atoms with Crippen LogP contribution in [-0.2, 0) is 10.2 Å². The molecule has 0 amide bonds. The predicted octanol–water partition coefficient (Wildman–Crippen LogP) is 4.62. The first kappa shape index (κ1) is 21.8. The zero-order valence-electron chi connectivity index (χ0n) is 17.4. The first-order valence-corrected chi connectivity index (χ1v) is 9.93. The van der Waals surface area contributed by atoms with Gasteiger partial charge in [0.2, 0.25) is 5.88 Å². The highest BCUT2D eigenvalue weighted by Gasteiger charge is 2.65. The number of nitrogens with zero attached hydrogens (tertiary/aromatic N) is 3. The van der Waals surface area contributed by atoms with E-state index in [-0.39, 0.29) is 31.0 Å². The molecule has 1 saturated carbocycles. The monoisotopic (exact) mass is 446 g/mol. The molecule has 1 aromatic carbocycles. The molecule has 1 fully saturated rings. The molecular formula is C22H21F3N4O3. The molecule has 2 heterocycles. The topological polar surface area (TPSA) is 101 Å². The van der Waals surface area contributed by atoms with Crippen LogP contribution in [0.5, 0.6) is 5.88 Å². The number of hydrogen-bond acceptors (Lipinski definition) is 5. The van der Waals surface area contributed by atoms with Gasteiger partial charge in [-0.05, 0) is 26.7 Å². The molecule has 2 aromatic heterocycles. The summed E-state index contributed by atoms with van der Waals surface area (Å²) in [5.41, 5.74) is -0.786. The molecule has 168 valence electrons. The minimum atomic E-state index is -4.29. The van der Waals surface area contributed by atoms with E-state index in [0.717, 1.165) is 5.56 Å². The van der Waals surface area contributed by atoms with Gasteiger partial charge in [-0.2, -0.15) is 13.2 Å². The van der Waals surface area contributed by atoms with Gasteiger partial charge in [-0.25, -0.2) is 15.0 Å². The van der Waals surface area contributed by atoms with Crippen LogP contribution in [0.25, 0.3) is 22.6 Å². The Bertz CT molecular complexity index is 1120. The number of ether oxygens (including phenoxy) is 1. The second-order valence-corrected chi connectivity index (χ2v) is 8.52. The molecule has 0 spiro atoms. The zero-order valence-corrected chi connectivity index (χ0v) is 17.4. The molecule has 10 heteroatoms. The van der Waals surface area contributed by atoms with Crippen LogP contribution in [0.3, 0.4) is 0 Å². The molecule has 0 bridgehead atoms. The van der Waals surface area contributed by atoms with Crippen molar-refractivity contribution in [3.63, 3.8) is 0 Å². The van der Waals surface area contributed by atoms with E-state index in [1.165, 1.54) is 18.6 Å². The Kier molecular flexibility index (Phi) is 5.18. The summed E-state index contributed by atoms with van der Waals surface area (Å²) in [6.45, 7) is 3.05. The molecule has 0 radical (unpaired) electrons. The van der Waals surface area contributed by atoms with Gasteiger partial charge < -0.3 is 14.8 Å². The fraction of sp³-hybridized carbons (Fsp3) is 0.364. The lowest BCUT2D eigenvalue weighted by molar-refractivity contribution is -0.161. The van der Waals surface area contributed by atoms with Crippen molar-refractivity contribution in [3.05, 3.63) is 48.5 Å². The summed E-state index contributed by atoms with van der Waals surface area (Å²) in [6.07, 6.45) is 0.0279. The maximum Gasteiger partial charge on any atom is 0.399 e. The largest absolute Gasteiger partial charge is 0.481 e. The maximum atomic E-state index is 13.3. The SMILES string of the molecule is CC(C)(COc1cnc(-c2ccc(-c3ncc(C4(C(F)(F)F)CC4)[nH]3)cc2)cn1)C(=O)O. The van der Waals surface area contributed by atoms with Gasteiger partial charge in [-0.3, -0.25) is 4.79 Å². The van der Waals surface area contributed by atoms with Crippen LogP contribution in [0.2, 0.25) is 0 Å². The van der Waals surface area contributed by atoms with Crippen molar-refractivity contribution in [2.75, 3.05) is 6.61 Å². The third kappa shape index (κ3) is 4.04. The van der Waals surface area contributed by atoms with Gasteiger partial charge in [0.1, 0.15) is 17.8 Å². The summed E-state index contributed by atoms with van der Waals surface area (Å²) in [7, 11) is 0. The number of carboxylic acids is 1. The first-order chi connectivity index (χ1) is 15.0. The van der Waals surface area contributed by atoms with Crippen LogP contribution < -0.4 is 4.74 Å². The standard InChI is InChI=1S/C22H21F3N4O3/c1-20(2,19(30)31)12-32-17-11-26-15(9-27-17)13-3-5-14(6-4-13)18-28-10-16(29-18)21(7-8-21)22(23,24)25/h3-6,9-11H,7-8,12H2,1-2H3,(H,28,29)(H,30,31). The lowest BCUT2D eigenvalue weighted by Crippen LogP contribution is -2.30. The number of carbonyl (C=O) groups is 1. The second kappa shape index (κ2) is 7.61. The third-order valence-electron chi connectivity index (χ3n) is 5.63. The number of H-pyrrole nitrogens is 1. The van der Waals surface area contributed by atoms with Gasteiger partial charge in [-0.1, -0.05) is 24.3 Å². The fourth-order valence-electron chi connectivity index (χ4n) is 3.20. The number of carboxylic acid groups (broad SMARTS) is 1. The molecule has 0 atom stereocenters. The number of aromatic nitrogens is 4. The number of halogens is 3. The van der Waals surface area contributed by atoms with Crippen LogP contribution in [0.4, 0.5) is 13.2 Å². The Labute approximate surface area is 181 Å². The zero-order chi connectivity index (χ0) is 23.1. The molecule has 7 nitrogen and oxygen atoms in total. The lowest BCUT2D eigenvalue weighted by atomic mass is 9.95. The van der Waals surface area contributed by atoms with E-state index in [0.29, 0.717) is 17.1 Å². The summed E-state index contributed by atoms with van der Waals surface area (Å²) in [4.78, 5) is 26.5. The molecule has 0 unspecified atom stereocenters. The second-order valence-electron chi connectivity index (χ2n) is 8.52. The number of aromatic amines is 1. The molecule has 1 aliphatic rings. The van der Waals surface area contributed by atoms with Crippen molar-refractivity contribution in [3.8, 4) is 28.5 Å². The Hall–Kier alpha value is -3.43. The maximum absolute atomic E-state index is 13.3. The number of alkyl halides is 3. The quantitative estimate of drug-likeness (QED) is 0.549. The van der Waals surface area contributed by atoms with Gasteiger partial charge >= 0.3 is 12.1 Å². The lowest BCUT2D eigenvalue weighted by Gasteiger charge is -2.18. The highest BCUT2D eigenvalue weighted by molar-refractivity contribution is 5.73. The van der Waals surface area contributed by atoms with E-state index in [1.807, 2.05) is 0 Å². The van der Waals surface area contributed by atoms with Crippen molar-refractivity contribution >= 4 is 5.97 Å². The minimum Gasteiger partial charge on any atom is -0.481 e. The Morgan fingerprint density at radius 3 is 2.25 bits per heavy atom. The smallest absolute Gasteiger partial charge is 0.399 e. The van der Waals surface area contributed by atoms with Gasteiger partial charge in [0.05, 0.1) is 29.2 Å². The summed E-state index contributed by atoms with van der Waals surface area (Å²) >= 11 is 0. The normalized spacial score (nSPS) is 15.4. The predicted molar refractivity (Wildman–Crippen MR) is 109 cm³/mol. The molecule has 32 heavy (non-hydrogen) atoms. The fourth-order valence-corrected chi connectivity index (χ4v) is 3.20. The summed E-state index contributed by atoms with van der Waals surface area (Å²) < 4.78 is 45.3. The van der Waals surface area contributed by atoms with E-state index < -0.39 is 23.0 Å². The molecule has 0 saturated heterocycles. The Morgan fingerprint density at radius 2 is 1.72 bits per heavy atom. The van der Waals surface area contributed by atoms with Gasteiger partial charge in [0, 0.05) is 17.3 Å². The van der Waals surface area contributed by atoms with Crippen LogP contribution >= 0.6 is 0 Å². The van der Waals surface area contributed by atoms with Crippen molar-refractivity contribution in [1.82, 2.24) is 19.9 Å². The molecule has 4 rings (SSSR count).